The number of fused-ring (bicyclic) bond motifs is 1. The summed E-state index contributed by atoms with van der Waals surface area (Å²) in [6, 6.07) is 7.23. The van der Waals surface area contributed by atoms with Gasteiger partial charge in [-0.25, -0.2) is 0 Å². The molecule has 3 unspecified atom stereocenters. The molecule has 1 amide bonds. The monoisotopic (exact) mass is 251 g/mol. The number of aliphatic hydroxyl groups is 1. The predicted octanol–water partition coefficient (Wildman–Crippen LogP) is 0.712. The molecule has 0 saturated heterocycles. The Bertz CT molecular complexity index is 433. The van der Waals surface area contributed by atoms with Gasteiger partial charge in [0.2, 0.25) is 6.10 Å². The zero-order valence-corrected chi connectivity index (χ0v) is 10.4. The summed E-state index contributed by atoms with van der Waals surface area (Å²) in [6.45, 7) is 3.59. The molecule has 0 saturated carbocycles. The van der Waals surface area contributed by atoms with Crippen molar-refractivity contribution < 1.29 is 19.4 Å². The molecular formula is C13H17NO4. The summed E-state index contributed by atoms with van der Waals surface area (Å²) in [5, 5.41) is 11.8. The van der Waals surface area contributed by atoms with Gasteiger partial charge < -0.3 is 19.9 Å². The number of carbonyl (C=O) groups is 1. The summed E-state index contributed by atoms with van der Waals surface area (Å²) in [6.07, 6.45) is -1.64. The molecular weight excluding hydrogens is 234 g/mol. The molecule has 1 aromatic carbocycles. The Hall–Kier alpha value is -1.75. The Balaban J connectivity index is 2.05. The molecule has 98 valence electrons. The molecule has 1 aromatic rings. The highest BCUT2D eigenvalue weighted by atomic mass is 16.6. The molecule has 3 atom stereocenters. The van der Waals surface area contributed by atoms with E-state index < -0.39 is 12.2 Å². The van der Waals surface area contributed by atoms with E-state index in [4.69, 9.17) is 14.6 Å². The summed E-state index contributed by atoms with van der Waals surface area (Å²) in [5.74, 6) is 0.926. The number of hydrogen-bond acceptors (Lipinski definition) is 4. The van der Waals surface area contributed by atoms with Crippen molar-refractivity contribution in [2.75, 3.05) is 6.54 Å². The molecule has 0 fully saturated rings. The average Bonchev–Trinajstić information content (AvgIpc) is 2.35. The fourth-order valence-corrected chi connectivity index (χ4v) is 1.76. The number of carbonyl (C=O) groups excluding carboxylic acids is 1. The Morgan fingerprint density at radius 3 is 2.61 bits per heavy atom. The normalized spacial score (nSPS) is 23.3. The van der Waals surface area contributed by atoms with Crippen LogP contribution in [0.5, 0.6) is 11.5 Å². The third-order valence-corrected chi connectivity index (χ3v) is 2.67. The van der Waals surface area contributed by atoms with Crippen LogP contribution >= 0.6 is 0 Å². The van der Waals surface area contributed by atoms with E-state index in [0.717, 1.165) is 0 Å². The largest absolute Gasteiger partial charge is 0.482 e. The summed E-state index contributed by atoms with van der Waals surface area (Å²) < 4.78 is 11.2. The van der Waals surface area contributed by atoms with E-state index in [9.17, 15) is 4.79 Å². The van der Waals surface area contributed by atoms with Gasteiger partial charge in [0.05, 0.1) is 6.10 Å². The molecule has 0 radical (unpaired) electrons. The predicted molar refractivity (Wildman–Crippen MR) is 65.6 cm³/mol. The second-order valence-corrected chi connectivity index (χ2v) is 4.40. The molecule has 5 nitrogen and oxygen atoms in total. The minimum absolute atomic E-state index is 0.201. The molecule has 0 spiro atoms. The van der Waals surface area contributed by atoms with Gasteiger partial charge in [0, 0.05) is 6.54 Å². The molecule has 1 aliphatic rings. The second kappa shape index (κ2) is 5.27. The third kappa shape index (κ3) is 2.73. The van der Waals surface area contributed by atoms with Gasteiger partial charge in [-0.1, -0.05) is 12.1 Å². The van der Waals surface area contributed by atoms with Crippen LogP contribution in [0.2, 0.25) is 0 Å². The van der Waals surface area contributed by atoms with Crippen LogP contribution in [0.3, 0.4) is 0 Å². The lowest BCUT2D eigenvalue weighted by Gasteiger charge is -2.31. The number of rotatable bonds is 3. The van der Waals surface area contributed by atoms with Gasteiger partial charge in [0.25, 0.3) is 5.91 Å². The van der Waals surface area contributed by atoms with Crippen LogP contribution in [0.25, 0.3) is 0 Å². The SMILES string of the molecule is CC(O)CNC(=O)C1Oc2ccccc2OC1C. The Labute approximate surface area is 106 Å². The van der Waals surface area contributed by atoms with Gasteiger partial charge in [-0.3, -0.25) is 4.79 Å². The van der Waals surface area contributed by atoms with Crippen molar-refractivity contribution >= 4 is 5.91 Å². The Morgan fingerprint density at radius 1 is 1.39 bits per heavy atom. The molecule has 5 heteroatoms. The van der Waals surface area contributed by atoms with Crippen LogP contribution in [-0.4, -0.2) is 35.9 Å². The van der Waals surface area contributed by atoms with Crippen LogP contribution in [0.4, 0.5) is 0 Å². The average molecular weight is 251 g/mol. The number of hydrogen-bond donors (Lipinski definition) is 2. The van der Waals surface area contributed by atoms with E-state index in [1.165, 1.54) is 0 Å². The van der Waals surface area contributed by atoms with Crippen LogP contribution in [0, 0.1) is 0 Å². The molecule has 0 bridgehead atoms. The highest BCUT2D eigenvalue weighted by Gasteiger charge is 2.33. The minimum atomic E-state index is -0.696. The zero-order valence-electron chi connectivity index (χ0n) is 10.4. The van der Waals surface area contributed by atoms with Crippen molar-refractivity contribution in [3.8, 4) is 11.5 Å². The van der Waals surface area contributed by atoms with Crippen molar-refractivity contribution in [3.63, 3.8) is 0 Å². The molecule has 1 heterocycles. The lowest BCUT2D eigenvalue weighted by Crippen LogP contribution is -2.50. The van der Waals surface area contributed by atoms with Crippen LogP contribution in [0.1, 0.15) is 13.8 Å². The minimum Gasteiger partial charge on any atom is -0.482 e. The maximum absolute atomic E-state index is 11.9. The quantitative estimate of drug-likeness (QED) is 0.830. The van der Waals surface area contributed by atoms with Crippen LogP contribution in [0.15, 0.2) is 24.3 Å². The van der Waals surface area contributed by atoms with E-state index in [2.05, 4.69) is 5.32 Å². The van der Waals surface area contributed by atoms with Gasteiger partial charge in [-0.2, -0.15) is 0 Å². The van der Waals surface area contributed by atoms with Crippen LogP contribution in [-0.2, 0) is 4.79 Å². The number of benzene rings is 1. The van der Waals surface area contributed by atoms with Gasteiger partial charge in [-0.15, -0.1) is 0 Å². The molecule has 0 aliphatic carbocycles. The highest BCUT2D eigenvalue weighted by molar-refractivity contribution is 5.82. The maximum atomic E-state index is 11.9. The van der Waals surface area contributed by atoms with Gasteiger partial charge in [-0.05, 0) is 26.0 Å². The van der Waals surface area contributed by atoms with E-state index in [1.807, 2.05) is 12.1 Å². The van der Waals surface area contributed by atoms with Crippen molar-refractivity contribution in [2.24, 2.45) is 0 Å². The van der Waals surface area contributed by atoms with E-state index in [-0.39, 0.29) is 18.6 Å². The molecule has 2 N–H and O–H groups in total. The topological polar surface area (TPSA) is 67.8 Å². The van der Waals surface area contributed by atoms with Crippen LogP contribution < -0.4 is 14.8 Å². The van der Waals surface area contributed by atoms with Crippen molar-refractivity contribution in [2.45, 2.75) is 32.2 Å². The lowest BCUT2D eigenvalue weighted by molar-refractivity contribution is -0.133. The second-order valence-electron chi connectivity index (χ2n) is 4.40. The lowest BCUT2D eigenvalue weighted by atomic mass is 10.1. The van der Waals surface area contributed by atoms with Crippen molar-refractivity contribution in [1.82, 2.24) is 5.32 Å². The Morgan fingerprint density at radius 2 is 2.00 bits per heavy atom. The van der Waals surface area contributed by atoms with Crippen molar-refractivity contribution in [3.05, 3.63) is 24.3 Å². The zero-order chi connectivity index (χ0) is 13.1. The summed E-state index contributed by atoms with van der Waals surface area (Å²) in [4.78, 5) is 11.9. The standard InChI is InChI=1S/C13H17NO4/c1-8(15)7-14-13(16)12-9(2)17-10-5-3-4-6-11(10)18-12/h3-6,8-9,12,15H,7H2,1-2H3,(H,14,16). The fraction of sp³-hybridized carbons (Fsp3) is 0.462. The first-order chi connectivity index (χ1) is 8.58. The van der Waals surface area contributed by atoms with Gasteiger partial charge >= 0.3 is 0 Å². The molecule has 18 heavy (non-hydrogen) atoms. The number of ether oxygens (including phenoxy) is 2. The number of amides is 1. The molecule has 0 aromatic heterocycles. The van der Waals surface area contributed by atoms with Gasteiger partial charge in [0.1, 0.15) is 6.10 Å². The molecule has 2 rings (SSSR count). The molecule has 1 aliphatic heterocycles. The first-order valence-electron chi connectivity index (χ1n) is 5.96. The first kappa shape index (κ1) is 12.7. The Kier molecular flexibility index (Phi) is 3.72. The maximum Gasteiger partial charge on any atom is 0.265 e. The summed E-state index contributed by atoms with van der Waals surface area (Å²) in [5.41, 5.74) is 0. The number of nitrogens with one attached hydrogen (secondary N) is 1. The third-order valence-electron chi connectivity index (χ3n) is 2.67. The summed E-state index contributed by atoms with van der Waals surface area (Å²) in [7, 11) is 0. The smallest absolute Gasteiger partial charge is 0.265 e. The van der Waals surface area contributed by atoms with Gasteiger partial charge in [0.15, 0.2) is 11.5 Å². The first-order valence-corrected chi connectivity index (χ1v) is 5.96. The van der Waals surface area contributed by atoms with Crippen molar-refractivity contribution in [1.29, 1.82) is 0 Å². The number of para-hydroxylation sites is 2. The summed E-state index contributed by atoms with van der Waals surface area (Å²) >= 11 is 0. The fourth-order valence-electron chi connectivity index (χ4n) is 1.76. The van der Waals surface area contributed by atoms with E-state index >= 15 is 0 Å². The van der Waals surface area contributed by atoms with E-state index in [1.54, 1.807) is 26.0 Å². The number of aliphatic hydroxyl groups excluding tert-OH is 1. The van der Waals surface area contributed by atoms with E-state index in [0.29, 0.717) is 11.5 Å². The highest BCUT2D eigenvalue weighted by Crippen LogP contribution is 2.33.